The lowest BCUT2D eigenvalue weighted by atomic mass is 10.1. The average Bonchev–Trinajstić information content (AvgIpc) is 2.73. The first-order valence-corrected chi connectivity index (χ1v) is 10.2. The van der Waals surface area contributed by atoms with Crippen molar-refractivity contribution in [3.8, 4) is 0 Å². The highest BCUT2D eigenvalue weighted by Gasteiger charge is 2.18. The number of piperazine rings is 1. The van der Waals surface area contributed by atoms with Gasteiger partial charge in [0.15, 0.2) is 0 Å². The van der Waals surface area contributed by atoms with E-state index in [1.54, 1.807) is 0 Å². The summed E-state index contributed by atoms with van der Waals surface area (Å²) in [5, 5.41) is 2.91. The molecule has 0 radical (unpaired) electrons. The zero-order chi connectivity index (χ0) is 20.8. The van der Waals surface area contributed by atoms with Crippen molar-refractivity contribution in [3.63, 3.8) is 0 Å². The number of para-hydroxylation sites is 1. The van der Waals surface area contributed by atoms with Gasteiger partial charge in [0.1, 0.15) is 6.54 Å². The minimum absolute atomic E-state index is 0.00738. The number of amides is 2. The van der Waals surface area contributed by atoms with Gasteiger partial charge in [-0.15, -0.1) is 0 Å². The zero-order valence-corrected chi connectivity index (χ0v) is 17.5. The fraction of sp³-hybridized carbons (Fsp3) is 0.391. The molecule has 2 amide bonds. The Kier molecular flexibility index (Phi) is 6.88. The number of anilines is 3. The van der Waals surface area contributed by atoms with Gasteiger partial charge in [0, 0.05) is 50.2 Å². The molecule has 0 aliphatic carbocycles. The average molecular weight is 395 g/mol. The summed E-state index contributed by atoms with van der Waals surface area (Å²) in [4.78, 5) is 31.0. The van der Waals surface area contributed by atoms with Crippen molar-refractivity contribution < 1.29 is 9.59 Å². The molecule has 0 aromatic heterocycles. The Hall–Kier alpha value is -2.86. The van der Waals surface area contributed by atoms with E-state index in [4.69, 9.17) is 0 Å². The highest BCUT2D eigenvalue weighted by atomic mass is 16.2. The molecule has 0 unspecified atom stereocenters. The van der Waals surface area contributed by atoms with Gasteiger partial charge in [0.2, 0.25) is 11.8 Å². The van der Waals surface area contributed by atoms with Crippen LogP contribution in [0.2, 0.25) is 0 Å². The number of aryl methyl sites for hydroxylation is 1. The number of carbonyl (C=O) groups is 2. The topological polar surface area (TPSA) is 55.9 Å². The molecule has 1 N–H and O–H groups in total. The number of hydrogen-bond acceptors (Lipinski definition) is 4. The molecule has 1 heterocycles. The van der Waals surface area contributed by atoms with Gasteiger partial charge in [-0.05, 0) is 49.4 Å². The molecule has 1 aliphatic heterocycles. The largest absolute Gasteiger partial charge is 0.369 e. The highest BCUT2D eigenvalue weighted by molar-refractivity contribution is 6.02. The van der Waals surface area contributed by atoms with Gasteiger partial charge in [-0.25, -0.2) is 0 Å². The molecule has 2 aromatic carbocycles. The minimum atomic E-state index is -0.210. The van der Waals surface area contributed by atoms with Crippen molar-refractivity contribution in [3.05, 3.63) is 54.1 Å². The number of rotatable bonds is 6. The number of nitrogens with zero attached hydrogens (tertiary/aromatic N) is 3. The second-order valence-electron chi connectivity index (χ2n) is 7.47. The Labute approximate surface area is 173 Å². The Morgan fingerprint density at radius 1 is 1.00 bits per heavy atom. The maximum absolute atomic E-state index is 12.6. The van der Waals surface area contributed by atoms with Crippen LogP contribution in [-0.4, -0.2) is 56.5 Å². The first-order valence-electron chi connectivity index (χ1n) is 10.2. The van der Waals surface area contributed by atoms with E-state index in [1.807, 2.05) is 55.5 Å². The van der Waals surface area contributed by atoms with E-state index in [-0.39, 0.29) is 18.4 Å². The third-order valence-electron chi connectivity index (χ3n) is 5.36. The smallest absolute Gasteiger partial charge is 0.244 e. The van der Waals surface area contributed by atoms with Crippen molar-refractivity contribution in [1.82, 2.24) is 4.90 Å². The summed E-state index contributed by atoms with van der Waals surface area (Å²) in [7, 11) is 2.14. The van der Waals surface area contributed by atoms with Gasteiger partial charge >= 0.3 is 0 Å². The zero-order valence-electron chi connectivity index (χ0n) is 17.5. The molecule has 6 heteroatoms. The van der Waals surface area contributed by atoms with Gasteiger partial charge in [0.25, 0.3) is 0 Å². The van der Waals surface area contributed by atoms with E-state index in [1.165, 1.54) is 17.5 Å². The van der Waals surface area contributed by atoms with E-state index in [2.05, 4.69) is 22.2 Å². The summed E-state index contributed by atoms with van der Waals surface area (Å²) in [6.45, 7) is 7.65. The molecule has 2 aromatic rings. The molecule has 0 spiro atoms. The SMILES string of the molecule is CCc1ccccc1N(CC(=O)Nc1ccc(N2CCN(C)CC2)cc1)C(C)=O. The van der Waals surface area contributed by atoms with Gasteiger partial charge in [-0.1, -0.05) is 25.1 Å². The minimum Gasteiger partial charge on any atom is -0.369 e. The van der Waals surface area contributed by atoms with Crippen molar-refractivity contribution in [2.45, 2.75) is 20.3 Å². The van der Waals surface area contributed by atoms with Crippen molar-refractivity contribution >= 4 is 28.9 Å². The number of hydrogen-bond donors (Lipinski definition) is 1. The summed E-state index contributed by atoms with van der Waals surface area (Å²) >= 11 is 0. The van der Waals surface area contributed by atoms with Crippen LogP contribution in [0.4, 0.5) is 17.1 Å². The Morgan fingerprint density at radius 2 is 1.66 bits per heavy atom. The van der Waals surface area contributed by atoms with E-state index in [0.717, 1.165) is 49.5 Å². The van der Waals surface area contributed by atoms with E-state index in [9.17, 15) is 9.59 Å². The predicted octanol–water partition coefficient (Wildman–Crippen LogP) is 2.99. The van der Waals surface area contributed by atoms with Gasteiger partial charge < -0.3 is 20.0 Å². The molecule has 1 fully saturated rings. The standard InChI is InChI=1S/C23H30N4O2/c1-4-19-7-5-6-8-22(19)27(18(2)28)17-23(29)24-20-9-11-21(12-10-20)26-15-13-25(3)14-16-26/h5-12H,4,13-17H2,1-3H3,(H,24,29). The Morgan fingerprint density at radius 3 is 2.28 bits per heavy atom. The number of nitrogens with one attached hydrogen (secondary N) is 1. The molecule has 0 bridgehead atoms. The summed E-state index contributed by atoms with van der Waals surface area (Å²) in [6, 6.07) is 15.6. The van der Waals surface area contributed by atoms with Crippen LogP contribution in [0.1, 0.15) is 19.4 Å². The predicted molar refractivity (Wildman–Crippen MR) is 119 cm³/mol. The highest BCUT2D eigenvalue weighted by Crippen LogP contribution is 2.22. The second kappa shape index (κ2) is 9.56. The molecule has 6 nitrogen and oxygen atoms in total. The summed E-state index contributed by atoms with van der Waals surface area (Å²) in [5.41, 5.74) is 3.74. The second-order valence-corrected chi connectivity index (χ2v) is 7.47. The van der Waals surface area contributed by atoms with Crippen LogP contribution >= 0.6 is 0 Å². The maximum atomic E-state index is 12.6. The third kappa shape index (κ3) is 5.35. The normalized spacial score (nSPS) is 14.5. The van der Waals surface area contributed by atoms with Crippen LogP contribution in [0, 0.1) is 0 Å². The summed E-state index contributed by atoms with van der Waals surface area (Å²) < 4.78 is 0. The lowest BCUT2D eigenvalue weighted by molar-refractivity contribution is -0.120. The number of carbonyl (C=O) groups excluding carboxylic acids is 2. The molecule has 0 atom stereocenters. The summed E-state index contributed by atoms with van der Waals surface area (Å²) in [6.07, 6.45) is 0.801. The van der Waals surface area contributed by atoms with E-state index < -0.39 is 0 Å². The summed E-state index contributed by atoms with van der Waals surface area (Å²) in [5.74, 6) is -0.357. The fourth-order valence-corrected chi connectivity index (χ4v) is 3.60. The van der Waals surface area contributed by atoms with E-state index >= 15 is 0 Å². The van der Waals surface area contributed by atoms with Crippen LogP contribution in [0.3, 0.4) is 0 Å². The molecule has 0 saturated carbocycles. The Bertz CT molecular complexity index is 842. The van der Waals surface area contributed by atoms with Crippen LogP contribution in [-0.2, 0) is 16.0 Å². The lowest BCUT2D eigenvalue weighted by Crippen LogP contribution is -2.44. The van der Waals surface area contributed by atoms with Gasteiger partial charge in [0.05, 0.1) is 0 Å². The molecule has 3 rings (SSSR count). The van der Waals surface area contributed by atoms with Crippen LogP contribution in [0.5, 0.6) is 0 Å². The first-order chi connectivity index (χ1) is 14.0. The maximum Gasteiger partial charge on any atom is 0.244 e. The third-order valence-corrected chi connectivity index (χ3v) is 5.36. The molecular weight excluding hydrogens is 364 g/mol. The molecule has 154 valence electrons. The van der Waals surface area contributed by atoms with Gasteiger partial charge in [-0.3, -0.25) is 9.59 Å². The number of benzene rings is 2. The van der Waals surface area contributed by atoms with E-state index in [0.29, 0.717) is 0 Å². The van der Waals surface area contributed by atoms with Crippen LogP contribution < -0.4 is 15.1 Å². The van der Waals surface area contributed by atoms with Gasteiger partial charge in [-0.2, -0.15) is 0 Å². The molecular formula is C23H30N4O2. The quantitative estimate of drug-likeness (QED) is 0.818. The fourth-order valence-electron chi connectivity index (χ4n) is 3.60. The molecule has 1 aliphatic rings. The lowest BCUT2D eigenvalue weighted by Gasteiger charge is -2.34. The Balaban J connectivity index is 1.64. The van der Waals surface area contributed by atoms with Crippen LogP contribution in [0.25, 0.3) is 0 Å². The first kappa shape index (κ1) is 20.9. The van der Waals surface area contributed by atoms with Crippen molar-refractivity contribution in [1.29, 1.82) is 0 Å². The molecule has 1 saturated heterocycles. The van der Waals surface area contributed by atoms with Crippen molar-refractivity contribution in [2.24, 2.45) is 0 Å². The molecule has 29 heavy (non-hydrogen) atoms. The van der Waals surface area contributed by atoms with Crippen molar-refractivity contribution in [2.75, 3.05) is 54.9 Å². The monoisotopic (exact) mass is 394 g/mol. The number of likely N-dealkylation sites (N-methyl/N-ethyl adjacent to an activating group) is 1. The van der Waals surface area contributed by atoms with Crippen LogP contribution in [0.15, 0.2) is 48.5 Å².